The number of rotatable bonds is 0. The van der Waals surface area contributed by atoms with E-state index < -0.39 is 12.2 Å². The molecule has 62 valence electrons. The lowest BCUT2D eigenvalue weighted by Crippen LogP contribution is -2.19. The molecule has 1 aliphatic rings. The van der Waals surface area contributed by atoms with E-state index in [1.54, 1.807) is 24.4 Å². The van der Waals surface area contributed by atoms with Crippen molar-refractivity contribution < 1.29 is 11.6 Å². The van der Waals surface area contributed by atoms with Gasteiger partial charge in [-0.1, -0.05) is 12.1 Å². The van der Waals surface area contributed by atoms with Gasteiger partial charge in [-0.2, -0.15) is 0 Å². The van der Waals surface area contributed by atoms with Gasteiger partial charge < -0.3 is 10.2 Å². The lowest BCUT2D eigenvalue weighted by atomic mass is 9.97. The van der Waals surface area contributed by atoms with Crippen LogP contribution >= 0.6 is 0 Å². The van der Waals surface area contributed by atoms with Crippen LogP contribution in [0.5, 0.6) is 0 Å². The molecule has 2 atom stereocenters. The summed E-state index contributed by atoms with van der Waals surface area (Å²) in [5.74, 6) is 0. The normalized spacial score (nSPS) is 34.2. The fraction of sp³-hybridized carbons (Fsp3) is 0.222. The Bertz CT molecular complexity index is 362. The number of nitrogens with zero attached hydrogens (tertiary/aromatic N) is 1. The van der Waals surface area contributed by atoms with Gasteiger partial charge in [0.25, 0.3) is 0 Å². The first-order valence-corrected chi connectivity index (χ1v) is 3.66. The van der Waals surface area contributed by atoms with E-state index in [9.17, 15) is 10.2 Å². The maximum Gasteiger partial charge on any atom is 0.111 e. The summed E-state index contributed by atoms with van der Waals surface area (Å²) in [6.07, 6.45) is 1.38. The van der Waals surface area contributed by atoms with Crippen molar-refractivity contribution in [3.05, 3.63) is 35.7 Å². The molecule has 1 aromatic heterocycles. The van der Waals surface area contributed by atoms with Gasteiger partial charge in [-0.05, 0) is 12.1 Å². The van der Waals surface area contributed by atoms with Crippen molar-refractivity contribution in [2.24, 2.45) is 0 Å². The molecule has 0 unspecified atom stereocenters. The zero-order valence-corrected chi connectivity index (χ0v) is 6.31. The van der Waals surface area contributed by atoms with E-state index in [1.807, 2.05) is 0 Å². The number of aliphatic hydroxyl groups excluding tert-OH is 1. The van der Waals surface area contributed by atoms with Crippen LogP contribution in [0.4, 0.5) is 0 Å². The van der Waals surface area contributed by atoms with Crippen LogP contribution in [-0.2, 0) is 0 Å². The predicted molar refractivity (Wildman–Crippen MR) is 44.2 cm³/mol. The van der Waals surface area contributed by atoms with Crippen molar-refractivity contribution in [2.75, 3.05) is 0 Å². The Morgan fingerprint density at radius 2 is 2.33 bits per heavy atom. The van der Waals surface area contributed by atoms with Gasteiger partial charge in [0.2, 0.25) is 0 Å². The number of aromatic nitrogens is 1. The molecule has 2 rings (SSSR count). The zero-order valence-electron chi connectivity index (χ0n) is 7.31. The van der Waals surface area contributed by atoms with Crippen molar-refractivity contribution in [2.45, 2.75) is 12.2 Å². The van der Waals surface area contributed by atoms with Crippen molar-refractivity contribution in [1.82, 2.24) is 4.98 Å². The molecule has 0 amide bonds. The van der Waals surface area contributed by atoms with E-state index in [-0.39, 0.29) is 0 Å². The van der Waals surface area contributed by atoms with Crippen LogP contribution in [0.25, 0.3) is 6.08 Å². The van der Waals surface area contributed by atoms with Crippen LogP contribution in [0.15, 0.2) is 24.4 Å². The number of pyridine rings is 1. The molecule has 0 spiro atoms. The Morgan fingerprint density at radius 3 is 3.17 bits per heavy atom. The molecule has 2 N–H and O–H groups in total. The average Bonchev–Trinajstić information content (AvgIpc) is 2.13. The third-order valence-electron chi connectivity index (χ3n) is 1.83. The number of fused-ring (bicyclic) bond motifs is 1. The van der Waals surface area contributed by atoms with E-state index in [4.69, 9.17) is 1.37 Å². The van der Waals surface area contributed by atoms with Gasteiger partial charge in [0.15, 0.2) is 0 Å². The average molecular weight is 164 g/mol. The standard InChI is InChI=1S/C9H9NO2/c11-8-4-3-7-6(9(8)12)2-1-5-10-7/h1-5,8-9,11-12H/t8-,9+/m0/s1/i9D. The largest absolute Gasteiger partial charge is 0.386 e. The van der Waals surface area contributed by atoms with Gasteiger partial charge >= 0.3 is 0 Å². The fourth-order valence-corrected chi connectivity index (χ4v) is 1.20. The van der Waals surface area contributed by atoms with Crippen molar-refractivity contribution in [3.8, 4) is 0 Å². The second-order valence-electron chi connectivity index (χ2n) is 2.63. The third kappa shape index (κ3) is 1.03. The molecule has 1 aliphatic carbocycles. The molecule has 1 heterocycles. The highest BCUT2D eigenvalue weighted by Gasteiger charge is 2.21. The molecule has 0 fully saturated rings. The minimum Gasteiger partial charge on any atom is -0.386 e. The number of hydrogen-bond acceptors (Lipinski definition) is 3. The van der Waals surface area contributed by atoms with E-state index >= 15 is 0 Å². The molecule has 0 bridgehead atoms. The summed E-state index contributed by atoms with van der Waals surface area (Å²) in [6, 6.07) is 3.21. The van der Waals surface area contributed by atoms with Gasteiger partial charge in [0.1, 0.15) is 12.2 Å². The van der Waals surface area contributed by atoms with Crippen molar-refractivity contribution >= 4 is 6.08 Å². The fourth-order valence-electron chi connectivity index (χ4n) is 1.20. The molecule has 0 aromatic carbocycles. The van der Waals surface area contributed by atoms with E-state index in [1.165, 1.54) is 6.08 Å². The van der Waals surface area contributed by atoms with Gasteiger partial charge in [0, 0.05) is 11.8 Å². The molecule has 0 saturated heterocycles. The first-order chi connectivity index (χ1) is 6.12. The summed E-state index contributed by atoms with van der Waals surface area (Å²) in [6.45, 7) is 0. The third-order valence-corrected chi connectivity index (χ3v) is 1.83. The van der Waals surface area contributed by atoms with E-state index in [0.717, 1.165) is 0 Å². The zero-order chi connectivity index (χ0) is 9.47. The molecule has 0 saturated carbocycles. The smallest absolute Gasteiger partial charge is 0.111 e. The van der Waals surface area contributed by atoms with Crippen LogP contribution in [0.3, 0.4) is 0 Å². The Labute approximate surface area is 71.4 Å². The Morgan fingerprint density at radius 1 is 1.50 bits per heavy atom. The summed E-state index contributed by atoms with van der Waals surface area (Å²) in [4.78, 5) is 3.97. The van der Waals surface area contributed by atoms with Crippen LogP contribution in [-0.4, -0.2) is 21.3 Å². The second kappa shape index (κ2) is 2.69. The van der Waals surface area contributed by atoms with Gasteiger partial charge in [-0.3, -0.25) is 4.98 Å². The molecule has 3 heteroatoms. The Hall–Kier alpha value is -1.19. The van der Waals surface area contributed by atoms with Crippen LogP contribution < -0.4 is 0 Å². The first kappa shape index (κ1) is 6.34. The topological polar surface area (TPSA) is 53.4 Å². The maximum atomic E-state index is 9.62. The minimum atomic E-state index is -1.97. The Kier molecular flexibility index (Phi) is 1.42. The molecule has 3 nitrogen and oxygen atoms in total. The molecule has 0 radical (unpaired) electrons. The highest BCUT2D eigenvalue weighted by molar-refractivity contribution is 5.54. The summed E-state index contributed by atoms with van der Waals surface area (Å²) < 4.78 is 7.53. The Balaban J connectivity index is 2.61. The lowest BCUT2D eigenvalue weighted by molar-refractivity contribution is 0.0467. The lowest BCUT2D eigenvalue weighted by Gasteiger charge is -2.20. The SMILES string of the molecule is [2H][C@@]1(O)c2cccnc2C=C[C@@H]1O. The van der Waals surface area contributed by atoms with Crippen LogP contribution in [0.2, 0.25) is 0 Å². The molecular weight excluding hydrogens is 154 g/mol. The summed E-state index contributed by atoms with van der Waals surface area (Å²) in [5.41, 5.74) is 0.871. The second-order valence-corrected chi connectivity index (χ2v) is 2.63. The minimum absolute atomic E-state index is 0.338. The van der Waals surface area contributed by atoms with E-state index in [2.05, 4.69) is 4.98 Å². The van der Waals surface area contributed by atoms with Crippen molar-refractivity contribution in [1.29, 1.82) is 0 Å². The highest BCUT2D eigenvalue weighted by Crippen LogP contribution is 2.25. The highest BCUT2D eigenvalue weighted by atomic mass is 16.3. The molecule has 1 aromatic rings. The summed E-state index contributed by atoms with van der Waals surface area (Å²) in [7, 11) is 0. The number of hydrogen-bond donors (Lipinski definition) is 2. The van der Waals surface area contributed by atoms with Gasteiger partial charge in [0.05, 0.1) is 7.06 Å². The van der Waals surface area contributed by atoms with Crippen LogP contribution in [0.1, 0.15) is 18.7 Å². The van der Waals surface area contributed by atoms with Crippen molar-refractivity contribution in [3.63, 3.8) is 0 Å². The summed E-state index contributed by atoms with van der Waals surface area (Å²) >= 11 is 0. The molecule has 0 aliphatic heterocycles. The molecular formula is C9H9NO2. The van der Waals surface area contributed by atoms with Crippen LogP contribution in [0, 0.1) is 0 Å². The molecule has 12 heavy (non-hydrogen) atoms. The van der Waals surface area contributed by atoms with Gasteiger partial charge in [-0.15, -0.1) is 0 Å². The quantitative estimate of drug-likeness (QED) is 0.587. The predicted octanol–water partition coefficient (Wildman–Crippen LogP) is 0.503. The first-order valence-electron chi connectivity index (χ1n) is 4.16. The number of aliphatic hydroxyl groups is 2. The monoisotopic (exact) mass is 164 g/mol. The summed E-state index contributed by atoms with van der Waals surface area (Å²) in [5, 5.41) is 19.0. The van der Waals surface area contributed by atoms with Gasteiger partial charge in [-0.25, -0.2) is 0 Å². The van der Waals surface area contributed by atoms with E-state index in [0.29, 0.717) is 11.3 Å². The maximum absolute atomic E-state index is 9.62.